The van der Waals surface area contributed by atoms with Gasteiger partial charge in [-0.3, -0.25) is 0 Å². The van der Waals surface area contributed by atoms with Gasteiger partial charge in [0.25, 0.3) is 0 Å². The Kier molecular flexibility index (Phi) is 1750. The molecule has 0 unspecified atom stereocenters. The molecule has 4 heteroatoms. The molecule has 0 nitrogen and oxygen atoms in total. The van der Waals surface area contributed by atoms with Gasteiger partial charge in [0.2, 0.25) is 0 Å². The van der Waals surface area contributed by atoms with Crippen LogP contribution >= 0.6 is 0 Å². The third-order valence-corrected chi connectivity index (χ3v) is 0. The van der Waals surface area contributed by atoms with Gasteiger partial charge in [0.1, 0.15) is 0 Å². The van der Waals surface area contributed by atoms with Crippen LogP contribution in [-0.2, 0) is 131 Å². The van der Waals surface area contributed by atoms with Gasteiger partial charge in [-0.15, -0.1) is 0 Å². The first-order chi connectivity index (χ1) is 2.00. The predicted octanol–water partition coefficient (Wildman–Crippen LogP) is 4.48. The summed E-state index contributed by atoms with van der Waals surface area (Å²) in [5, 5.41) is 0. The van der Waals surface area contributed by atoms with Crippen LogP contribution in [0.5, 0.6) is 0 Å². The van der Waals surface area contributed by atoms with Gasteiger partial charge in [-0.1, -0.05) is 35.1 Å². The molecule has 0 aliphatic rings. The van der Waals surface area contributed by atoms with Gasteiger partial charge in [0.15, 0.2) is 0 Å². The van der Waals surface area contributed by atoms with E-state index in [0.29, 0.717) is 0 Å². The SMILES string of the molecule is C.CC.CC.[CH3-].[CH3-].[CH3-].[CH3-].[Y+3].[Y].[Y].[Y]. The molecule has 0 N–H and O–H groups in total. The van der Waals surface area contributed by atoms with Crippen LogP contribution in [-0.4, -0.2) is 0 Å². The van der Waals surface area contributed by atoms with Gasteiger partial charge in [-0.25, -0.2) is 0 Å². The van der Waals surface area contributed by atoms with E-state index in [0.717, 1.165) is 0 Å². The van der Waals surface area contributed by atoms with Crippen molar-refractivity contribution in [1.29, 1.82) is 0 Å². The molecule has 0 amide bonds. The Bertz CT molecular complexity index is 11.6. The fraction of sp³-hybridized carbons (Fsp3) is 0.556. The van der Waals surface area contributed by atoms with E-state index in [4.69, 9.17) is 0 Å². The van der Waals surface area contributed by atoms with Crippen molar-refractivity contribution in [3.05, 3.63) is 29.7 Å². The smallest absolute Gasteiger partial charge is 0.358 e. The van der Waals surface area contributed by atoms with Crippen LogP contribution < -0.4 is 0 Å². The fourth-order valence-corrected chi connectivity index (χ4v) is 0. The molecule has 0 aliphatic heterocycles. The second-order valence-corrected chi connectivity index (χ2v) is 0. The zero-order valence-electron chi connectivity index (χ0n) is 10.3. The first-order valence-corrected chi connectivity index (χ1v) is 2.00. The van der Waals surface area contributed by atoms with Crippen molar-refractivity contribution in [2.24, 2.45) is 0 Å². The molecule has 0 heterocycles. The fourth-order valence-electron chi connectivity index (χ4n) is 0. The number of rotatable bonds is 0. The topological polar surface area (TPSA) is 0 Å². The molecule has 0 aliphatic carbocycles. The molecule has 0 aromatic rings. The van der Waals surface area contributed by atoms with E-state index in [2.05, 4.69) is 0 Å². The van der Waals surface area contributed by atoms with E-state index >= 15 is 0 Å². The van der Waals surface area contributed by atoms with Crippen LogP contribution in [0, 0.1) is 29.7 Å². The standard InChI is InChI=1S/2C2H6.CH4.4CH3.4Y/c2*1-2;;;;;;;;;/h2*1-2H3;1H4;4*1H3;;;;/q;;;4*-1;;;;+3. The van der Waals surface area contributed by atoms with Crippen molar-refractivity contribution in [3.8, 4) is 0 Å². The molecule has 0 fully saturated rings. The molecule has 0 atom stereocenters. The minimum absolute atomic E-state index is 0. The summed E-state index contributed by atoms with van der Waals surface area (Å²) in [5.41, 5.74) is 0. The Labute approximate surface area is 191 Å². The summed E-state index contributed by atoms with van der Waals surface area (Å²) in [5.74, 6) is 0. The number of hydrogen-bond donors (Lipinski definition) is 0. The molecule has 0 aromatic heterocycles. The van der Waals surface area contributed by atoms with Crippen molar-refractivity contribution in [3.63, 3.8) is 0 Å². The van der Waals surface area contributed by atoms with E-state index in [-0.39, 0.29) is 168 Å². The molecular weight excluding hydrogens is 464 g/mol. The Balaban J connectivity index is -0.000000000404. The Hall–Kier alpha value is 4.42. The van der Waals surface area contributed by atoms with Gasteiger partial charge in [0.05, 0.1) is 0 Å². The van der Waals surface area contributed by atoms with Crippen molar-refractivity contribution in [1.82, 2.24) is 0 Å². The molecule has 0 bridgehead atoms. The van der Waals surface area contributed by atoms with E-state index in [1.54, 1.807) is 0 Å². The molecule has 3 radical (unpaired) electrons. The molecule has 0 saturated heterocycles. The van der Waals surface area contributed by atoms with Crippen LogP contribution in [0.1, 0.15) is 35.1 Å². The van der Waals surface area contributed by atoms with Gasteiger partial charge in [-0.2, -0.15) is 0 Å². The molecule has 0 rings (SSSR count). The minimum atomic E-state index is 0. The zero-order chi connectivity index (χ0) is 4.00. The van der Waals surface area contributed by atoms with E-state index < -0.39 is 0 Å². The molecule has 0 aromatic carbocycles. The van der Waals surface area contributed by atoms with Gasteiger partial charge in [0, 0.05) is 98.1 Å². The van der Waals surface area contributed by atoms with Crippen LogP contribution in [0.15, 0.2) is 0 Å². The first-order valence-electron chi connectivity index (χ1n) is 2.00. The van der Waals surface area contributed by atoms with Crippen molar-refractivity contribution < 1.29 is 131 Å². The minimum Gasteiger partial charge on any atom is -0.358 e. The number of hydrogen-bond acceptors (Lipinski definition) is 0. The third kappa shape index (κ3) is 175. The van der Waals surface area contributed by atoms with E-state index in [9.17, 15) is 0 Å². The normalized spacial score (nSPS) is 0.923. The summed E-state index contributed by atoms with van der Waals surface area (Å²) in [4.78, 5) is 0. The summed E-state index contributed by atoms with van der Waals surface area (Å²) < 4.78 is 0. The van der Waals surface area contributed by atoms with Crippen molar-refractivity contribution in [2.75, 3.05) is 0 Å². The van der Waals surface area contributed by atoms with Crippen LogP contribution in [0.4, 0.5) is 0 Å². The monoisotopic (exact) mass is 492 g/mol. The summed E-state index contributed by atoms with van der Waals surface area (Å²) in [6, 6.07) is 0. The Morgan fingerprint density at radius 3 is 0.462 bits per heavy atom. The first kappa shape index (κ1) is 114. The molecular formula is C9H28Y4-. The average Bonchev–Trinajstić information content (AvgIpc) is 1.50. The predicted molar refractivity (Wildman–Crippen MR) is 55.1 cm³/mol. The molecule has 0 spiro atoms. The van der Waals surface area contributed by atoms with Crippen molar-refractivity contribution >= 4 is 0 Å². The largest absolute Gasteiger partial charge is 3.00 e. The molecule has 77 valence electrons. The van der Waals surface area contributed by atoms with Crippen LogP contribution in [0.2, 0.25) is 0 Å². The maximum atomic E-state index is 2.00. The molecule has 13 heavy (non-hydrogen) atoms. The zero-order valence-corrected chi connectivity index (χ0v) is 21.7. The van der Waals surface area contributed by atoms with Crippen molar-refractivity contribution in [2.45, 2.75) is 35.1 Å². The summed E-state index contributed by atoms with van der Waals surface area (Å²) in [6.07, 6.45) is 0. The Morgan fingerprint density at radius 1 is 0.462 bits per heavy atom. The summed E-state index contributed by atoms with van der Waals surface area (Å²) in [7, 11) is 0. The average molecular weight is 492 g/mol. The van der Waals surface area contributed by atoms with Gasteiger partial charge < -0.3 is 29.7 Å². The van der Waals surface area contributed by atoms with Crippen LogP contribution in [0.25, 0.3) is 0 Å². The summed E-state index contributed by atoms with van der Waals surface area (Å²) in [6.45, 7) is 8.00. The van der Waals surface area contributed by atoms with E-state index in [1.165, 1.54) is 0 Å². The molecule has 0 saturated carbocycles. The quantitative estimate of drug-likeness (QED) is 0.438. The van der Waals surface area contributed by atoms with Gasteiger partial charge >= 0.3 is 32.7 Å². The van der Waals surface area contributed by atoms with Crippen LogP contribution in [0.3, 0.4) is 0 Å². The third-order valence-electron chi connectivity index (χ3n) is 0. The second kappa shape index (κ2) is 200. The maximum absolute atomic E-state index is 2.00. The maximum Gasteiger partial charge on any atom is 3.00 e. The summed E-state index contributed by atoms with van der Waals surface area (Å²) >= 11 is 0. The Morgan fingerprint density at radius 2 is 0.462 bits per heavy atom. The van der Waals surface area contributed by atoms with E-state index in [1.807, 2.05) is 27.7 Å². The van der Waals surface area contributed by atoms with Gasteiger partial charge in [-0.05, 0) is 0 Å². The second-order valence-electron chi connectivity index (χ2n) is 0.